The lowest BCUT2D eigenvalue weighted by atomic mass is 9.73. The molecule has 0 amide bonds. The minimum Gasteiger partial charge on any atom is -0.307 e. The summed E-state index contributed by atoms with van der Waals surface area (Å²) in [5.74, 6) is 0.866. The maximum atomic E-state index is 3.77. The van der Waals surface area contributed by atoms with Crippen molar-refractivity contribution in [2.45, 2.75) is 71.4 Å². The standard InChI is InChI=1S/C12H25N/c1-6-7-10-8-9-11(2,3)13-12(10,4)5/h10,13H,6-9H2,1-5H3/t10-/m1/s1. The maximum Gasteiger partial charge on any atom is 0.0158 e. The van der Waals surface area contributed by atoms with E-state index in [0.29, 0.717) is 11.1 Å². The Morgan fingerprint density at radius 3 is 2.31 bits per heavy atom. The molecule has 0 unspecified atom stereocenters. The fourth-order valence-corrected chi connectivity index (χ4v) is 2.79. The van der Waals surface area contributed by atoms with Crippen LogP contribution in [0.4, 0.5) is 0 Å². The predicted molar refractivity (Wildman–Crippen MR) is 58.9 cm³/mol. The van der Waals surface area contributed by atoms with Gasteiger partial charge in [0.15, 0.2) is 0 Å². The third kappa shape index (κ3) is 2.70. The van der Waals surface area contributed by atoms with Crippen LogP contribution in [0.3, 0.4) is 0 Å². The van der Waals surface area contributed by atoms with Crippen LogP contribution < -0.4 is 5.32 Å². The summed E-state index contributed by atoms with van der Waals surface area (Å²) in [4.78, 5) is 0. The lowest BCUT2D eigenvalue weighted by Gasteiger charge is -2.48. The minimum absolute atomic E-state index is 0.331. The molecule has 0 aromatic rings. The molecule has 1 nitrogen and oxygen atoms in total. The first-order valence-corrected chi connectivity index (χ1v) is 5.67. The van der Waals surface area contributed by atoms with Crippen LogP contribution in [-0.4, -0.2) is 11.1 Å². The summed E-state index contributed by atoms with van der Waals surface area (Å²) in [5, 5.41) is 3.77. The second-order valence-electron chi connectivity index (χ2n) is 5.75. The number of hydrogen-bond donors (Lipinski definition) is 1. The average Bonchev–Trinajstić information content (AvgIpc) is 1.93. The van der Waals surface area contributed by atoms with Crippen LogP contribution in [0.25, 0.3) is 0 Å². The first-order chi connectivity index (χ1) is 5.87. The van der Waals surface area contributed by atoms with Gasteiger partial charge in [-0.15, -0.1) is 0 Å². The predicted octanol–water partition coefficient (Wildman–Crippen LogP) is 3.34. The van der Waals surface area contributed by atoms with E-state index >= 15 is 0 Å². The summed E-state index contributed by atoms with van der Waals surface area (Å²) in [7, 11) is 0. The molecule has 1 rings (SSSR count). The summed E-state index contributed by atoms with van der Waals surface area (Å²) in [6, 6.07) is 0. The first kappa shape index (κ1) is 11.0. The molecule has 13 heavy (non-hydrogen) atoms. The van der Waals surface area contributed by atoms with Crippen LogP contribution in [0.1, 0.15) is 60.3 Å². The molecule has 0 saturated carbocycles. The van der Waals surface area contributed by atoms with Gasteiger partial charge < -0.3 is 5.32 Å². The van der Waals surface area contributed by atoms with Gasteiger partial charge in [0, 0.05) is 11.1 Å². The highest BCUT2D eigenvalue weighted by molar-refractivity contribution is 4.98. The topological polar surface area (TPSA) is 12.0 Å². The summed E-state index contributed by atoms with van der Waals surface area (Å²) < 4.78 is 0. The van der Waals surface area contributed by atoms with Gasteiger partial charge in [-0.25, -0.2) is 0 Å². The zero-order valence-electron chi connectivity index (χ0n) is 9.91. The van der Waals surface area contributed by atoms with Crippen molar-refractivity contribution in [1.29, 1.82) is 0 Å². The molecule has 0 bridgehead atoms. The summed E-state index contributed by atoms with van der Waals surface area (Å²) in [6.45, 7) is 11.6. The van der Waals surface area contributed by atoms with Gasteiger partial charge >= 0.3 is 0 Å². The van der Waals surface area contributed by atoms with Crippen molar-refractivity contribution in [3.05, 3.63) is 0 Å². The fourth-order valence-electron chi connectivity index (χ4n) is 2.79. The molecule has 1 N–H and O–H groups in total. The van der Waals surface area contributed by atoms with Crippen LogP contribution in [0.2, 0.25) is 0 Å². The monoisotopic (exact) mass is 183 g/mol. The molecule has 1 aliphatic rings. The molecule has 1 atom stereocenters. The molecule has 0 radical (unpaired) electrons. The Hall–Kier alpha value is -0.0400. The largest absolute Gasteiger partial charge is 0.307 e. The van der Waals surface area contributed by atoms with Gasteiger partial charge in [-0.3, -0.25) is 0 Å². The van der Waals surface area contributed by atoms with Crippen molar-refractivity contribution in [2.24, 2.45) is 5.92 Å². The molecular formula is C12H25N. The molecule has 0 aliphatic carbocycles. The summed E-state index contributed by atoms with van der Waals surface area (Å²) in [6.07, 6.45) is 5.40. The van der Waals surface area contributed by atoms with Crippen LogP contribution in [0, 0.1) is 5.92 Å². The zero-order valence-corrected chi connectivity index (χ0v) is 9.91. The Labute approximate surface area is 83.3 Å². The maximum absolute atomic E-state index is 3.77. The summed E-state index contributed by atoms with van der Waals surface area (Å²) >= 11 is 0. The molecule has 0 spiro atoms. The van der Waals surface area contributed by atoms with Crippen LogP contribution in [0.15, 0.2) is 0 Å². The van der Waals surface area contributed by atoms with E-state index < -0.39 is 0 Å². The minimum atomic E-state index is 0.331. The van der Waals surface area contributed by atoms with E-state index in [1.165, 1.54) is 25.7 Å². The molecule has 1 heteroatoms. The molecular weight excluding hydrogens is 158 g/mol. The Balaban J connectivity index is 2.62. The quantitative estimate of drug-likeness (QED) is 0.692. The van der Waals surface area contributed by atoms with E-state index in [1.807, 2.05) is 0 Å². The van der Waals surface area contributed by atoms with E-state index in [0.717, 1.165) is 5.92 Å². The average molecular weight is 183 g/mol. The fraction of sp³-hybridized carbons (Fsp3) is 1.00. The molecule has 1 saturated heterocycles. The highest BCUT2D eigenvalue weighted by atomic mass is 15.1. The van der Waals surface area contributed by atoms with Crippen LogP contribution in [-0.2, 0) is 0 Å². The Kier molecular flexibility index (Phi) is 3.06. The second kappa shape index (κ2) is 3.61. The Morgan fingerprint density at radius 2 is 1.85 bits per heavy atom. The lowest BCUT2D eigenvalue weighted by Crippen LogP contribution is -2.59. The molecule has 1 aliphatic heterocycles. The van der Waals surface area contributed by atoms with E-state index in [1.54, 1.807) is 0 Å². The van der Waals surface area contributed by atoms with Gasteiger partial charge in [-0.05, 0) is 52.9 Å². The Morgan fingerprint density at radius 1 is 1.23 bits per heavy atom. The van der Waals surface area contributed by atoms with Gasteiger partial charge in [0.2, 0.25) is 0 Å². The van der Waals surface area contributed by atoms with Crippen molar-refractivity contribution < 1.29 is 0 Å². The highest BCUT2D eigenvalue weighted by Crippen LogP contribution is 2.35. The van der Waals surface area contributed by atoms with Gasteiger partial charge in [0.25, 0.3) is 0 Å². The zero-order chi connectivity index (χ0) is 10.1. The van der Waals surface area contributed by atoms with Crippen LogP contribution >= 0.6 is 0 Å². The normalized spacial score (nSPS) is 31.6. The number of rotatable bonds is 2. The number of hydrogen-bond acceptors (Lipinski definition) is 1. The molecule has 1 heterocycles. The van der Waals surface area contributed by atoms with Gasteiger partial charge in [0.1, 0.15) is 0 Å². The van der Waals surface area contributed by atoms with E-state index in [-0.39, 0.29) is 0 Å². The smallest absolute Gasteiger partial charge is 0.0158 e. The third-order valence-corrected chi connectivity index (χ3v) is 3.44. The number of piperidine rings is 1. The van der Waals surface area contributed by atoms with Crippen molar-refractivity contribution >= 4 is 0 Å². The van der Waals surface area contributed by atoms with Crippen molar-refractivity contribution in [2.75, 3.05) is 0 Å². The highest BCUT2D eigenvalue weighted by Gasteiger charge is 2.38. The molecule has 1 fully saturated rings. The van der Waals surface area contributed by atoms with Crippen molar-refractivity contribution in [1.82, 2.24) is 5.32 Å². The SMILES string of the molecule is CCC[C@@H]1CCC(C)(C)NC1(C)C. The molecule has 78 valence electrons. The first-order valence-electron chi connectivity index (χ1n) is 5.67. The van der Waals surface area contributed by atoms with Crippen molar-refractivity contribution in [3.63, 3.8) is 0 Å². The number of nitrogens with one attached hydrogen (secondary N) is 1. The van der Waals surface area contributed by atoms with Gasteiger partial charge in [0.05, 0.1) is 0 Å². The summed E-state index contributed by atoms with van der Waals surface area (Å²) in [5.41, 5.74) is 0.672. The molecule has 0 aromatic heterocycles. The van der Waals surface area contributed by atoms with Crippen molar-refractivity contribution in [3.8, 4) is 0 Å². The molecule has 0 aromatic carbocycles. The third-order valence-electron chi connectivity index (χ3n) is 3.44. The second-order valence-corrected chi connectivity index (χ2v) is 5.75. The van der Waals surface area contributed by atoms with E-state index in [9.17, 15) is 0 Å². The van der Waals surface area contributed by atoms with E-state index in [4.69, 9.17) is 0 Å². The van der Waals surface area contributed by atoms with Gasteiger partial charge in [-0.1, -0.05) is 13.3 Å². The van der Waals surface area contributed by atoms with Crippen LogP contribution in [0.5, 0.6) is 0 Å². The Bertz CT molecular complexity index is 170. The van der Waals surface area contributed by atoms with Gasteiger partial charge in [-0.2, -0.15) is 0 Å². The van der Waals surface area contributed by atoms with E-state index in [2.05, 4.69) is 39.9 Å². The lowest BCUT2D eigenvalue weighted by molar-refractivity contribution is 0.105.